The van der Waals surface area contributed by atoms with E-state index in [9.17, 15) is 9.59 Å². The number of para-hydroxylation sites is 1. The zero-order valence-corrected chi connectivity index (χ0v) is 20.4. The molecule has 0 radical (unpaired) electrons. The number of amides is 2. The SMILES string of the molecule is Cc1cccc(N2C(=O)CSc3c(c4ccccc4n3C)[C@H]2C(=O)NCc2ccccc2)c1C. The number of aromatic nitrogens is 1. The smallest absolute Gasteiger partial charge is 0.248 e. The van der Waals surface area contributed by atoms with Crippen LogP contribution >= 0.6 is 11.8 Å². The molecule has 0 unspecified atom stereocenters. The van der Waals surface area contributed by atoms with Gasteiger partial charge in [0.25, 0.3) is 0 Å². The van der Waals surface area contributed by atoms with Gasteiger partial charge < -0.3 is 9.88 Å². The molecular weight excluding hydrogens is 442 g/mol. The third-order valence-corrected chi connectivity index (χ3v) is 7.78. The lowest BCUT2D eigenvalue weighted by molar-refractivity contribution is -0.125. The van der Waals surface area contributed by atoms with Crippen LogP contribution in [0.1, 0.15) is 28.3 Å². The summed E-state index contributed by atoms with van der Waals surface area (Å²) in [6, 6.07) is 23.1. The van der Waals surface area contributed by atoms with Crippen LogP contribution in [-0.4, -0.2) is 22.1 Å². The number of nitrogens with one attached hydrogen (secondary N) is 1. The fourth-order valence-corrected chi connectivity index (χ4v) is 5.78. The Morgan fingerprint density at radius 2 is 1.74 bits per heavy atom. The Bertz CT molecular complexity index is 1390. The van der Waals surface area contributed by atoms with Gasteiger partial charge in [-0.2, -0.15) is 0 Å². The summed E-state index contributed by atoms with van der Waals surface area (Å²) in [6.45, 7) is 4.45. The number of benzene rings is 3. The molecule has 1 aliphatic rings. The van der Waals surface area contributed by atoms with Gasteiger partial charge in [0.2, 0.25) is 11.8 Å². The van der Waals surface area contributed by atoms with Crippen molar-refractivity contribution in [1.82, 2.24) is 9.88 Å². The highest BCUT2D eigenvalue weighted by Crippen LogP contribution is 2.44. The van der Waals surface area contributed by atoms with E-state index in [1.165, 1.54) is 11.8 Å². The average molecular weight is 470 g/mol. The van der Waals surface area contributed by atoms with Crippen LogP contribution in [0.25, 0.3) is 10.9 Å². The molecule has 3 aromatic carbocycles. The van der Waals surface area contributed by atoms with E-state index in [0.29, 0.717) is 6.54 Å². The molecule has 0 spiro atoms. The van der Waals surface area contributed by atoms with Crippen molar-refractivity contribution in [3.8, 4) is 0 Å². The number of rotatable bonds is 4. The molecule has 0 bridgehead atoms. The van der Waals surface area contributed by atoms with Crippen molar-refractivity contribution in [2.45, 2.75) is 31.5 Å². The second-order valence-corrected chi connectivity index (χ2v) is 9.64. The standard InChI is InChI=1S/C28H27N3O2S/c1-18-10-9-15-22(19(18)2)31-24(32)17-34-28-25(21-13-7-8-14-23(21)30(28)3)26(31)27(33)29-16-20-11-5-4-6-12-20/h4-15,26H,16-17H2,1-3H3,(H,29,33)/t26-/m0/s1. The van der Waals surface area contributed by atoms with E-state index in [0.717, 1.165) is 43.9 Å². The van der Waals surface area contributed by atoms with Gasteiger partial charge in [0, 0.05) is 35.7 Å². The van der Waals surface area contributed by atoms with Gasteiger partial charge >= 0.3 is 0 Å². The minimum Gasteiger partial charge on any atom is -0.350 e. The lowest BCUT2D eigenvalue weighted by Gasteiger charge is -2.31. The van der Waals surface area contributed by atoms with Crippen molar-refractivity contribution in [3.63, 3.8) is 0 Å². The molecule has 2 amide bonds. The van der Waals surface area contributed by atoms with E-state index in [-0.39, 0.29) is 17.6 Å². The summed E-state index contributed by atoms with van der Waals surface area (Å²) < 4.78 is 2.10. The molecule has 6 heteroatoms. The van der Waals surface area contributed by atoms with Crippen molar-refractivity contribution >= 4 is 40.2 Å². The van der Waals surface area contributed by atoms with Crippen LogP contribution in [-0.2, 0) is 23.2 Å². The van der Waals surface area contributed by atoms with Gasteiger partial charge in [0.1, 0.15) is 6.04 Å². The summed E-state index contributed by atoms with van der Waals surface area (Å²) in [5.74, 6) is 0.0181. The van der Waals surface area contributed by atoms with Gasteiger partial charge in [-0.05, 0) is 42.7 Å². The number of aryl methyl sites for hydroxylation is 2. The van der Waals surface area contributed by atoms with Crippen LogP contribution in [0.15, 0.2) is 77.8 Å². The molecule has 2 heterocycles. The van der Waals surface area contributed by atoms with Crippen molar-refractivity contribution in [3.05, 3.63) is 95.1 Å². The maximum atomic E-state index is 13.9. The van der Waals surface area contributed by atoms with Crippen LogP contribution < -0.4 is 10.2 Å². The van der Waals surface area contributed by atoms with Crippen molar-refractivity contribution in [1.29, 1.82) is 0 Å². The Labute approximate surface area is 203 Å². The molecule has 5 nitrogen and oxygen atoms in total. The number of carbonyl (C=O) groups is 2. The first-order valence-corrected chi connectivity index (χ1v) is 12.4. The highest BCUT2D eigenvalue weighted by atomic mass is 32.2. The van der Waals surface area contributed by atoms with Gasteiger partial charge in [0.05, 0.1) is 10.8 Å². The predicted molar refractivity (Wildman–Crippen MR) is 138 cm³/mol. The third kappa shape index (κ3) is 3.78. The quantitative estimate of drug-likeness (QED) is 0.442. The lowest BCUT2D eigenvalue weighted by atomic mass is 9.99. The zero-order valence-electron chi connectivity index (χ0n) is 19.5. The molecular formula is C28H27N3O2S. The number of carbonyl (C=O) groups excluding carboxylic acids is 2. The van der Waals surface area contributed by atoms with E-state index in [4.69, 9.17) is 0 Å². The van der Waals surface area contributed by atoms with Gasteiger partial charge in [-0.15, -0.1) is 0 Å². The second kappa shape index (κ2) is 9.03. The monoisotopic (exact) mass is 469 g/mol. The number of fused-ring (bicyclic) bond motifs is 3. The van der Waals surface area contributed by atoms with E-state index < -0.39 is 6.04 Å². The largest absolute Gasteiger partial charge is 0.350 e. The van der Waals surface area contributed by atoms with Crippen LogP contribution in [0, 0.1) is 13.8 Å². The minimum atomic E-state index is -0.771. The van der Waals surface area contributed by atoms with Crippen LogP contribution in [0.4, 0.5) is 5.69 Å². The fraction of sp³-hybridized carbons (Fsp3) is 0.214. The summed E-state index contributed by atoms with van der Waals surface area (Å²) in [4.78, 5) is 29.3. The summed E-state index contributed by atoms with van der Waals surface area (Å²) in [6.07, 6.45) is 0. The highest BCUT2D eigenvalue weighted by Gasteiger charge is 2.40. The van der Waals surface area contributed by atoms with Crippen LogP contribution in [0.2, 0.25) is 0 Å². The molecule has 0 saturated heterocycles. The zero-order chi connectivity index (χ0) is 23.8. The number of hydrogen-bond acceptors (Lipinski definition) is 3. The van der Waals surface area contributed by atoms with Crippen LogP contribution in [0.5, 0.6) is 0 Å². The topological polar surface area (TPSA) is 54.3 Å². The number of anilines is 1. The molecule has 0 fully saturated rings. The predicted octanol–water partition coefficient (Wildman–Crippen LogP) is 5.29. The van der Waals surface area contributed by atoms with Crippen molar-refractivity contribution in [2.75, 3.05) is 10.7 Å². The molecule has 0 aliphatic carbocycles. The van der Waals surface area contributed by atoms with Gasteiger partial charge in [0.15, 0.2) is 0 Å². The number of thioether (sulfide) groups is 1. The number of hydrogen-bond donors (Lipinski definition) is 1. The Balaban J connectivity index is 1.68. The maximum absolute atomic E-state index is 13.9. The molecule has 34 heavy (non-hydrogen) atoms. The summed E-state index contributed by atoms with van der Waals surface area (Å²) >= 11 is 1.51. The Hall–Kier alpha value is -3.51. The molecule has 4 aromatic rings. The maximum Gasteiger partial charge on any atom is 0.248 e. The minimum absolute atomic E-state index is 0.0705. The van der Waals surface area contributed by atoms with Crippen molar-refractivity contribution in [2.24, 2.45) is 7.05 Å². The third-order valence-electron chi connectivity index (χ3n) is 6.62. The van der Waals surface area contributed by atoms with Crippen molar-refractivity contribution < 1.29 is 9.59 Å². The van der Waals surface area contributed by atoms with E-state index in [1.807, 2.05) is 87.6 Å². The fourth-order valence-electron chi connectivity index (χ4n) is 4.71. The molecule has 0 saturated carbocycles. The molecule has 1 aromatic heterocycles. The molecule has 172 valence electrons. The van der Waals surface area contributed by atoms with Crippen LogP contribution in [0.3, 0.4) is 0 Å². The summed E-state index contributed by atoms with van der Waals surface area (Å²) in [7, 11) is 2.01. The normalized spacial score (nSPS) is 15.8. The molecule has 1 aliphatic heterocycles. The summed E-state index contributed by atoms with van der Waals surface area (Å²) in [5.41, 5.74) is 5.83. The average Bonchev–Trinajstić information content (AvgIpc) is 3.03. The second-order valence-electron chi connectivity index (χ2n) is 8.67. The summed E-state index contributed by atoms with van der Waals surface area (Å²) in [5, 5.41) is 5.07. The Kier molecular flexibility index (Phi) is 5.92. The van der Waals surface area contributed by atoms with E-state index >= 15 is 0 Å². The van der Waals surface area contributed by atoms with Gasteiger partial charge in [-0.3, -0.25) is 14.5 Å². The first kappa shape index (κ1) is 22.3. The van der Waals surface area contributed by atoms with E-state index in [1.54, 1.807) is 4.90 Å². The van der Waals surface area contributed by atoms with E-state index in [2.05, 4.69) is 16.0 Å². The van der Waals surface area contributed by atoms with Gasteiger partial charge in [-0.25, -0.2) is 0 Å². The molecule has 1 atom stereocenters. The Morgan fingerprint density at radius 1 is 1.00 bits per heavy atom. The molecule has 1 N–H and O–H groups in total. The number of nitrogens with zero attached hydrogens (tertiary/aromatic N) is 2. The lowest BCUT2D eigenvalue weighted by Crippen LogP contribution is -2.44. The van der Waals surface area contributed by atoms with Gasteiger partial charge in [-0.1, -0.05) is 72.4 Å². The first-order valence-electron chi connectivity index (χ1n) is 11.4. The Morgan fingerprint density at radius 3 is 2.53 bits per heavy atom. The highest BCUT2D eigenvalue weighted by molar-refractivity contribution is 8.00. The first-order chi connectivity index (χ1) is 16.5. The molecule has 5 rings (SSSR count).